The Morgan fingerprint density at radius 3 is 2.62 bits per heavy atom. The van der Waals surface area contributed by atoms with E-state index in [1.807, 2.05) is 30.3 Å². The fourth-order valence-electron chi connectivity index (χ4n) is 2.64. The molecule has 7 heteroatoms. The lowest BCUT2D eigenvalue weighted by atomic mass is 10.0. The van der Waals surface area contributed by atoms with E-state index >= 15 is 0 Å². The van der Waals surface area contributed by atoms with E-state index in [1.54, 1.807) is 25.3 Å². The molecule has 0 saturated carbocycles. The van der Waals surface area contributed by atoms with Gasteiger partial charge in [0.25, 0.3) is 0 Å². The zero-order chi connectivity index (χ0) is 18.5. The van der Waals surface area contributed by atoms with E-state index in [-0.39, 0.29) is 29.3 Å². The lowest BCUT2D eigenvalue weighted by Gasteiger charge is -2.12. The van der Waals surface area contributed by atoms with Crippen LogP contribution in [-0.2, 0) is 11.2 Å². The molecule has 3 aromatic rings. The van der Waals surface area contributed by atoms with Gasteiger partial charge in [-0.25, -0.2) is 4.79 Å². The van der Waals surface area contributed by atoms with E-state index in [2.05, 4.69) is 15.5 Å². The summed E-state index contributed by atoms with van der Waals surface area (Å²) in [6.45, 7) is 1.66. The lowest BCUT2D eigenvalue weighted by Crippen LogP contribution is -2.28. The van der Waals surface area contributed by atoms with Crippen LogP contribution in [0, 0.1) is 0 Å². The Hall–Kier alpha value is -3.48. The van der Waals surface area contributed by atoms with Crippen molar-refractivity contribution < 1.29 is 19.2 Å². The number of aromatic nitrogens is 2. The number of carboxylic acids is 1. The molecule has 2 aromatic heterocycles. The maximum Gasteiger partial charge on any atom is 0.341 e. The molecule has 0 aliphatic carbocycles. The van der Waals surface area contributed by atoms with E-state index < -0.39 is 12.0 Å². The number of amides is 1. The van der Waals surface area contributed by atoms with E-state index in [1.165, 1.54) is 6.20 Å². The average Bonchev–Trinajstić information content (AvgIpc) is 3.08. The average molecular weight is 351 g/mol. The normalized spacial score (nSPS) is 11.7. The Balaban J connectivity index is 1.81. The number of aromatic carboxylic acids is 1. The predicted molar refractivity (Wildman–Crippen MR) is 93.4 cm³/mol. The molecule has 1 atom stereocenters. The zero-order valence-corrected chi connectivity index (χ0v) is 14.0. The summed E-state index contributed by atoms with van der Waals surface area (Å²) in [5, 5.41) is 16.2. The molecule has 7 nitrogen and oxygen atoms in total. The molecule has 0 aliphatic rings. The fraction of sp³-hybridized carbons (Fsp3) is 0.158. The summed E-state index contributed by atoms with van der Waals surface area (Å²) in [5.41, 5.74) is 1.50. The lowest BCUT2D eigenvalue weighted by molar-refractivity contribution is -0.121. The number of hydrogen-bond acceptors (Lipinski definition) is 5. The predicted octanol–water partition coefficient (Wildman–Crippen LogP) is 2.85. The van der Waals surface area contributed by atoms with E-state index in [4.69, 9.17) is 4.52 Å². The number of carbonyl (C=O) groups excluding carboxylic acids is 1. The summed E-state index contributed by atoms with van der Waals surface area (Å²) >= 11 is 0. The highest BCUT2D eigenvalue weighted by atomic mass is 16.5. The Kier molecular flexibility index (Phi) is 5.07. The Morgan fingerprint density at radius 1 is 1.19 bits per heavy atom. The molecule has 1 aromatic carbocycles. The molecule has 132 valence electrons. The van der Waals surface area contributed by atoms with Crippen LogP contribution in [0.25, 0.3) is 11.3 Å². The first-order valence-electron chi connectivity index (χ1n) is 8.03. The van der Waals surface area contributed by atoms with Crippen molar-refractivity contribution in [3.63, 3.8) is 0 Å². The van der Waals surface area contributed by atoms with Gasteiger partial charge < -0.3 is 14.9 Å². The van der Waals surface area contributed by atoms with Gasteiger partial charge in [-0.15, -0.1) is 0 Å². The molecule has 26 heavy (non-hydrogen) atoms. The number of benzene rings is 1. The van der Waals surface area contributed by atoms with Gasteiger partial charge in [0.15, 0.2) is 5.76 Å². The number of carboxylic acid groups (broad SMARTS) is 1. The third-order valence-electron chi connectivity index (χ3n) is 3.85. The van der Waals surface area contributed by atoms with E-state index in [0.717, 1.165) is 5.56 Å². The molecule has 0 unspecified atom stereocenters. The molecule has 3 rings (SSSR count). The highest BCUT2D eigenvalue weighted by Gasteiger charge is 2.28. The zero-order valence-electron chi connectivity index (χ0n) is 14.0. The van der Waals surface area contributed by atoms with Crippen LogP contribution in [0.3, 0.4) is 0 Å². The molecule has 0 radical (unpaired) electrons. The van der Waals surface area contributed by atoms with Crippen molar-refractivity contribution in [2.24, 2.45) is 0 Å². The minimum Gasteiger partial charge on any atom is -0.477 e. The van der Waals surface area contributed by atoms with Crippen LogP contribution in [0.2, 0.25) is 0 Å². The fourth-order valence-corrected chi connectivity index (χ4v) is 2.64. The molecule has 0 fully saturated rings. The maximum atomic E-state index is 12.2. The number of carbonyl (C=O) groups is 2. The number of nitrogens with one attached hydrogen (secondary N) is 1. The van der Waals surface area contributed by atoms with Crippen molar-refractivity contribution in [1.29, 1.82) is 0 Å². The Labute approximate surface area is 149 Å². The Morgan fingerprint density at radius 2 is 1.96 bits per heavy atom. The van der Waals surface area contributed by atoms with Crippen molar-refractivity contribution in [2.75, 3.05) is 0 Å². The van der Waals surface area contributed by atoms with Crippen LogP contribution in [0.15, 0.2) is 59.4 Å². The molecular weight excluding hydrogens is 334 g/mol. The summed E-state index contributed by atoms with van der Waals surface area (Å²) in [4.78, 5) is 27.9. The molecule has 0 spiro atoms. The second kappa shape index (κ2) is 7.60. The van der Waals surface area contributed by atoms with Gasteiger partial charge in [-0.05, 0) is 24.6 Å². The van der Waals surface area contributed by atoms with Gasteiger partial charge in [-0.1, -0.05) is 35.5 Å². The maximum absolute atomic E-state index is 12.2. The smallest absolute Gasteiger partial charge is 0.341 e. The third kappa shape index (κ3) is 3.77. The standard InChI is InChI=1S/C19H17N3O4/c1-12(21-15(23)10-13-6-3-2-4-7-13)18-16(19(24)25)17(22-26-18)14-8-5-9-20-11-14/h2-9,11-12H,10H2,1H3,(H,21,23)(H,24,25)/t12-/m1/s1. The van der Waals surface area contributed by atoms with Crippen LogP contribution in [0.4, 0.5) is 0 Å². The SMILES string of the molecule is C[C@@H](NC(=O)Cc1ccccc1)c1onc(-c2cccnc2)c1C(=O)O. The van der Waals surface area contributed by atoms with Gasteiger partial charge in [-0.2, -0.15) is 0 Å². The van der Waals surface area contributed by atoms with Gasteiger partial charge in [0.1, 0.15) is 11.3 Å². The largest absolute Gasteiger partial charge is 0.477 e. The van der Waals surface area contributed by atoms with Crippen LogP contribution in [0.5, 0.6) is 0 Å². The third-order valence-corrected chi connectivity index (χ3v) is 3.85. The summed E-state index contributed by atoms with van der Waals surface area (Å²) in [5.74, 6) is -1.32. The van der Waals surface area contributed by atoms with Gasteiger partial charge in [0.2, 0.25) is 5.91 Å². The number of nitrogens with zero attached hydrogens (tertiary/aromatic N) is 2. The van der Waals surface area contributed by atoms with Crippen molar-refractivity contribution in [3.05, 3.63) is 71.7 Å². The number of rotatable bonds is 6. The second-order valence-corrected chi connectivity index (χ2v) is 5.77. The first-order valence-corrected chi connectivity index (χ1v) is 8.03. The Bertz CT molecular complexity index is 907. The van der Waals surface area contributed by atoms with Crippen LogP contribution < -0.4 is 5.32 Å². The van der Waals surface area contributed by atoms with E-state index in [0.29, 0.717) is 5.56 Å². The quantitative estimate of drug-likeness (QED) is 0.707. The van der Waals surface area contributed by atoms with Gasteiger partial charge in [-0.3, -0.25) is 9.78 Å². The molecule has 1 amide bonds. The minimum atomic E-state index is -1.18. The highest BCUT2D eigenvalue weighted by Crippen LogP contribution is 2.28. The van der Waals surface area contributed by atoms with Crippen LogP contribution in [0.1, 0.15) is 34.6 Å². The first kappa shape index (κ1) is 17.3. The summed E-state index contributed by atoms with van der Waals surface area (Å²) in [7, 11) is 0. The molecule has 2 N–H and O–H groups in total. The van der Waals surface area contributed by atoms with Crippen LogP contribution >= 0.6 is 0 Å². The summed E-state index contributed by atoms with van der Waals surface area (Å²) in [6.07, 6.45) is 3.28. The number of pyridine rings is 1. The second-order valence-electron chi connectivity index (χ2n) is 5.77. The molecule has 2 heterocycles. The molecule has 0 bridgehead atoms. The first-order chi connectivity index (χ1) is 12.6. The van der Waals surface area contributed by atoms with Crippen molar-refractivity contribution in [2.45, 2.75) is 19.4 Å². The monoisotopic (exact) mass is 351 g/mol. The van der Waals surface area contributed by atoms with Crippen LogP contribution in [-0.4, -0.2) is 27.1 Å². The topological polar surface area (TPSA) is 105 Å². The van der Waals surface area contributed by atoms with Crippen molar-refractivity contribution >= 4 is 11.9 Å². The van der Waals surface area contributed by atoms with Gasteiger partial charge >= 0.3 is 5.97 Å². The van der Waals surface area contributed by atoms with Crippen molar-refractivity contribution in [3.8, 4) is 11.3 Å². The minimum absolute atomic E-state index is 0.0782. The number of hydrogen-bond donors (Lipinski definition) is 2. The van der Waals surface area contributed by atoms with Gasteiger partial charge in [0, 0.05) is 18.0 Å². The highest BCUT2D eigenvalue weighted by molar-refractivity contribution is 5.96. The van der Waals surface area contributed by atoms with Crippen molar-refractivity contribution in [1.82, 2.24) is 15.5 Å². The summed E-state index contributed by atoms with van der Waals surface area (Å²) < 4.78 is 5.25. The van der Waals surface area contributed by atoms with E-state index in [9.17, 15) is 14.7 Å². The van der Waals surface area contributed by atoms with Gasteiger partial charge in [0.05, 0.1) is 12.5 Å². The molecule has 0 aliphatic heterocycles. The molecular formula is C19H17N3O4. The summed E-state index contributed by atoms with van der Waals surface area (Å²) in [6, 6.07) is 12.0. The molecule has 0 saturated heterocycles.